The van der Waals surface area contributed by atoms with Gasteiger partial charge in [0, 0.05) is 10.8 Å². The average molecular weight is 448 g/mol. The minimum Gasteiger partial charge on any atom is -0.478 e. The predicted molar refractivity (Wildman–Crippen MR) is 126 cm³/mol. The van der Waals surface area contributed by atoms with Crippen LogP contribution in [0.2, 0.25) is 0 Å². The molecule has 1 unspecified atom stereocenters. The third-order valence-electron chi connectivity index (χ3n) is 6.65. The normalized spacial score (nSPS) is 16.7. The molecule has 5 rings (SSSR count). The van der Waals surface area contributed by atoms with Crippen LogP contribution >= 0.6 is 11.3 Å². The number of anilines is 1. The zero-order chi connectivity index (χ0) is 22.2. The van der Waals surface area contributed by atoms with Gasteiger partial charge in [-0.25, -0.2) is 9.59 Å². The summed E-state index contributed by atoms with van der Waals surface area (Å²) in [6.45, 7) is 2.28. The first-order chi connectivity index (χ1) is 15.6. The van der Waals surface area contributed by atoms with E-state index in [2.05, 4.69) is 36.5 Å². The highest BCUT2D eigenvalue weighted by molar-refractivity contribution is 7.17. The summed E-state index contributed by atoms with van der Waals surface area (Å²) < 4.78 is 5.63. The number of aromatic carboxylic acids is 1. The molecule has 0 bridgehead atoms. The molecular weight excluding hydrogens is 422 g/mol. The van der Waals surface area contributed by atoms with E-state index in [1.165, 1.54) is 22.5 Å². The molecule has 1 aromatic heterocycles. The van der Waals surface area contributed by atoms with Gasteiger partial charge in [0.05, 0.1) is 5.56 Å². The van der Waals surface area contributed by atoms with Crippen molar-refractivity contribution in [1.82, 2.24) is 0 Å². The summed E-state index contributed by atoms with van der Waals surface area (Å²) >= 11 is 1.38. The third-order valence-corrected chi connectivity index (χ3v) is 7.83. The molecule has 32 heavy (non-hydrogen) atoms. The Kier molecular flexibility index (Phi) is 5.47. The summed E-state index contributed by atoms with van der Waals surface area (Å²) in [4.78, 5) is 25.8. The van der Waals surface area contributed by atoms with Crippen molar-refractivity contribution in [3.05, 3.63) is 75.7 Å². The van der Waals surface area contributed by atoms with Crippen LogP contribution in [0.3, 0.4) is 0 Å². The minimum atomic E-state index is -0.989. The molecule has 2 aliphatic rings. The fraction of sp³-hybridized carbons (Fsp3) is 0.308. The molecule has 5 nitrogen and oxygen atoms in total. The second kappa shape index (κ2) is 8.43. The molecule has 2 aliphatic carbocycles. The van der Waals surface area contributed by atoms with Gasteiger partial charge < -0.3 is 9.84 Å². The van der Waals surface area contributed by atoms with Crippen molar-refractivity contribution in [3.8, 4) is 11.1 Å². The number of aryl methyl sites for hydroxylation is 1. The molecule has 1 heterocycles. The van der Waals surface area contributed by atoms with Crippen molar-refractivity contribution >= 4 is 28.4 Å². The van der Waals surface area contributed by atoms with Gasteiger partial charge in [0.1, 0.15) is 11.6 Å². The third kappa shape index (κ3) is 3.48. The number of nitrogens with one attached hydrogen (secondary N) is 1. The Hall–Kier alpha value is -3.12. The van der Waals surface area contributed by atoms with Crippen LogP contribution in [0.15, 0.2) is 48.5 Å². The standard InChI is InChI=1S/C26H25NO4S/c1-2-15-8-7-13-21-22(15)23(25(28)29)24(32-21)27-26(30)31-14-20-18-11-5-3-9-16(18)17-10-4-6-12-19(17)20/h3-6,9-12,15,20H,2,7-8,13-14H2,1H3,(H,27,30)(H,28,29). The van der Waals surface area contributed by atoms with Crippen molar-refractivity contribution in [3.63, 3.8) is 0 Å². The highest BCUT2D eigenvalue weighted by atomic mass is 32.1. The summed E-state index contributed by atoms with van der Waals surface area (Å²) in [7, 11) is 0. The number of hydrogen-bond donors (Lipinski definition) is 2. The largest absolute Gasteiger partial charge is 0.478 e. The molecule has 0 saturated carbocycles. The van der Waals surface area contributed by atoms with Crippen LogP contribution in [-0.2, 0) is 11.2 Å². The molecule has 3 aromatic rings. The van der Waals surface area contributed by atoms with Crippen molar-refractivity contribution in [2.45, 2.75) is 44.4 Å². The molecule has 1 atom stereocenters. The number of amides is 1. The van der Waals surface area contributed by atoms with Crippen LogP contribution in [0.1, 0.15) is 69.9 Å². The number of rotatable bonds is 5. The van der Waals surface area contributed by atoms with Crippen LogP contribution in [0.25, 0.3) is 11.1 Å². The van der Waals surface area contributed by atoms with Gasteiger partial charge in [-0.3, -0.25) is 5.32 Å². The van der Waals surface area contributed by atoms with E-state index in [-0.39, 0.29) is 24.0 Å². The lowest BCUT2D eigenvalue weighted by Crippen LogP contribution is -2.19. The summed E-state index contributed by atoms with van der Waals surface area (Å²) in [5.41, 5.74) is 5.77. The molecular formula is C26H25NO4S. The second-order valence-corrected chi connectivity index (χ2v) is 9.50. The lowest BCUT2D eigenvalue weighted by Gasteiger charge is -2.21. The Morgan fingerprint density at radius 2 is 1.75 bits per heavy atom. The van der Waals surface area contributed by atoms with Gasteiger partial charge >= 0.3 is 12.1 Å². The first-order valence-electron chi connectivity index (χ1n) is 11.1. The lowest BCUT2D eigenvalue weighted by molar-refractivity contribution is 0.0696. The number of fused-ring (bicyclic) bond motifs is 4. The Balaban J connectivity index is 1.36. The quantitative estimate of drug-likeness (QED) is 0.460. The Morgan fingerprint density at radius 1 is 1.09 bits per heavy atom. The highest BCUT2D eigenvalue weighted by Gasteiger charge is 2.32. The average Bonchev–Trinajstić information content (AvgIpc) is 3.33. The lowest BCUT2D eigenvalue weighted by atomic mass is 9.83. The second-order valence-electron chi connectivity index (χ2n) is 8.40. The summed E-state index contributed by atoms with van der Waals surface area (Å²) in [6.07, 6.45) is 3.19. The zero-order valence-corrected chi connectivity index (χ0v) is 18.7. The van der Waals surface area contributed by atoms with Gasteiger partial charge in [0.2, 0.25) is 0 Å². The van der Waals surface area contributed by atoms with Crippen molar-refractivity contribution in [2.75, 3.05) is 11.9 Å². The monoisotopic (exact) mass is 447 g/mol. The molecule has 2 N–H and O–H groups in total. The maximum absolute atomic E-state index is 12.7. The fourth-order valence-electron chi connectivity index (χ4n) is 5.20. The number of carboxylic acids is 1. The number of carbonyl (C=O) groups excluding carboxylic acids is 1. The van der Waals surface area contributed by atoms with Gasteiger partial charge in [0.25, 0.3) is 0 Å². The van der Waals surface area contributed by atoms with E-state index in [1.807, 2.05) is 24.3 Å². The van der Waals surface area contributed by atoms with Crippen molar-refractivity contribution < 1.29 is 19.4 Å². The van der Waals surface area contributed by atoms with E-state index >= 15 is 0 Å². The number of thiophene rings is 1. The molecule has 6 heteroatoms. The van der Waals surface area contributed by atoms with E-state index in [0.29, 0.717) is 5.00 Å². The predicted octanol–water partition coefficient (Wildman–Crippen LogP) is 6.64. The number of carbonyl (C=O) groups is 2. The molecule has 1 amide bonds. The highest BCUT2D eigenvalue weighted by Crippen LogP contribution is 2.46. The van der Waals surface area contributed by atoms with E-state index in [4.69, 9.17) is 4.74 Å². The summed E-state index contributed by atoms with van der Waals surface area (Å²) in [5.74, 6) is -0.788. The van der Waals surface area contributed by atoms with E-state index in [9.17, 15) is 14.7 Å². The Labute approximate surface area is 191 Å². The van der Waals surface area contributed by atoms with E-state index in [0.717, 1.165) is 47.3 Å². The number of ether oxygens (including phenoxy) is 1. The van der Waals surface area contributed by atoms with Crippen LogP contribution in [-0.4, -0.2) is 23.8 Å². The summed E-state index contributed by atoms with van der Waals surface area (Å²) in [6, 6.07) is 16.3. The van der Waals surface area contributed by atoms with Gasteiger partial charge in [-0.05, 0) is 59.4 Å². The van der Waals surface area contributed by atoms with Crippen molar-refractivity contribution in [2.24, 2.45) is 0 Å². The maximum atomic E-state index is 12.7. The maximum Gasteiger partial charge on any atom is 0.412 e. The number of carboxylic acid groups (broad SMARTS) is 1. The Morgan fingerprint density at radius 3 is 2.38 bits per heavy atom. The molecule has 0 saturated heterocycles. The first kappa shape index (κ1) is 20.8. The van der Waals surface area contributed by atoms with Gasteiger partial charge in [-0.15, -0.1) is 11.3 Å². The SMILES string of the molecule is CCC1CCCc2sc(NC(=O)OCC3c4ccccc4-c4ccccc43)c(C(=O)O)c21. The fourth-order valence-corrected chi connectivity index (χ4v) is 6.50. The van der Waals surface area contributed by atoms with Gasteiger partial charge in [-0.1, -0.05) is 55.5 Å². The molecule has 164 valence electrons. The van der Waals surface area contributed by atoms with Crippen LogP contribution in [0, 0.1) is 0 Å². The van der Waals surface area contributed by atoms with Crippen molar-refractivity contribution in [1.29, 1.82) is 0 Å². The van der Waals surface area contributed by atoms with Crippen LogP contribution in [0.4, 0.5) is 9.80 Å². The molecule has 0 aliphatic heterocycles. The zero-order valence-electron chi connectivity index (χ0n) is 17.9. The smallest absolute Gasteiger partial charge is 0.412 e. The summed E-state index contributed by atoms with van der Waals surface area (Å²) in [5, 5.41) is 13.0. The number of benzene rings is 2. The van der Waals surface area contributed by atoms with E-state index < -0.39 is 12.1 Å². The molecule has 0 spiro atoms. The minimum absolute atomic E-state index is 0.0342. The van der Waals surface area contributed by atoms with Crippen LogP contribution in [0.5, 0.6) is 0 Å². The Bertz CT molecular complexity index is 1150. The van der Waals surface area contributed by atoms with E-state index in [1.54, 1.807) is 0 Å². The topological polar surface area (TPSA) is 75.6 Å². The molecule has 0 radical (unpaired) electrons. The molecule has 0 fully saturated rings. The number of hydrogen-bond acceptors (Lipinski definition) is 4. The van der Waals surface area contributed by atoms with Gasteiger partial charge in [0.15, 0.2) is 0 Å². The van der Waals surface area contributed by atoms with Crippen LogP contribution < -0.4 is 5.32 Å². The first-order valence-corrected chi connectivity index (χ1v) is 11.9. The van der Waals surface area contributed by atoms with Gasteiger partial charge in [-0.2, -0.15) is 0 Å². The molecule has 2 aromatic carbocycles.